The van der Waals surface area contributed by atoms with Crippen LogP contribution in [0, 0.1) is 11.9 Å². The second-order valence-corrected chi connectivity index (χ2v) is 3.14. The first-order valence-corrected chi connectivity index (χ1v) is 4.77. The lowest BCUT2D eigenvalue weighted by atomic mass is 10.3. The number of halogens is 1. The average Bonchev–Trinajstić information content (AvgIpc) is 2.32. The van der Waals surface area contributed by atoms with Crippen LogP contribution in [0.4, 0.5) is 4.39 Å². The molecule has 2 rings (SSSR count). The first-order chi connectivity index (χ1) is 7.79. The Morgan fingerprint density at radius 1 is 1.19 bits per heavy atom. The largest absolute Gasteiger partial charge is 0.497 e. The highest BCUT2D eigenvalue weighted by molar-refractivity contribution is 5.36. The number of hydrogen-bond acceptors (Lipinski definition) is 2. The molecule has 0 amide bonds. The summed E-state index contributed by atoms with van der Waals surface area (Å²) in [6, 6.07) is 14.0. The zero-order valence-electron chi connectivity index (χ0n) is 8.74. The Kier molecular flexibility index (Phi) is 3.05. The topological polar surface area (TPSA) is 18.5 Å². The van der Waals surface area contributed by atoms with Crippen LogP contribution in [0.3, 0.4) is 0 Å². The van der Waals surface area contributed by atoms with E-state index in [9.17, 15) is 4.39 Å². The molecule has 2 aromatic carbocycles. The van der Waals surface area contributed by atoms with Crippen molar-refractivity contribution < 1.29 is 13.9 Å². The molecule has 0 heterocycles. The van der Waals surface area contributed by atoms with Crippen molar-refractivity contribution in [2.24, 2.45) is 0 Å². The van der Waals surface area contributed by atoms with Crippen LogP contribution < -0.4 is 9.47 Å². The van der Waals surface area contributed by atoms with Crippen LogP contribution in [0.2, 0.25) is 0 Å². The Hall–Kier alpha value is -2.03. The van der Waals surface area contributed by atoms with Gasteiger partial charge in [0, 0.05) is 6.07 Å². The molecule has 0 saturated carbocycles. The Bertz CT molecular complexity index is 483. The maximum atomic E-state index is 13.3. The van der Waals surface area contributed by atoms with Gasteiger partial charge in [0.2, 0.25) is 0 Å². The third-order valence-electron chi connectivity index (χ3n) is 2.04. The molecule has 81 valence electrons. The number of rotatable bonds is 3. The summed E-state index contributed by atoms with van der Waals surface area (Å²) in [5, 5.41) is 0. The van der Waals surface area contributed by atoms with Gasteiger partial charge in [-0.2, -0.15) is 0 Å². The van der Waals surface area contributed by atoms with E-state index in [1.54, 1.807) is 31.4 Å². The van der Waals surface area contributed by atoms with E-state index in [0.717, 1.165) is 0 Å². The van der Waals surface area contributed by atoms with Crippen molar-refractivity contribution in [1.29, 1.82) is 0 Å². The van der Waals surface area contributed by atoms with Crippen molar-refractivity contribution in [2.45, 2.75) is 0 Å². The summed E-state index contributed by atoms with van der Waals surface area (Å²) in [5.74, 6) is 0.924. The number of benzene rings is 2. The van der Waals surface area contributed by atoms with Crippen LogP contribution in [0.1, 0.15) is 0 Å². The molecule has 0 aliphatic heterocycles. The third-order valence-corrected chi connectivity index (χ3v) is 2.04. The van der Waals surface area contributed by atoms with Crippen LogP contribution in [0.5, 0.6) is 17.2 Å². The smallest absolute Gasteiger partial charge is 0.165 e. The molecule has 0 unspecified atom stereocenters. The van der Waals surface area contributed by atoms with Crippen molar-refractivity contribution in [3.8, 4) is 17.2 Å². The van der Waals surface area contributed by atoms with Gasteiger partial charge >= 0.3 is 0 Å². The van der Waals surface area contributed by atoms with Gasteiger partial charge in [0.1, 0.15) is 11.5 Å². The van der Waals surface area contributed by atoms with Crippen molar-refractivity contribution >= 4 is 0 Å². The monoisotopic (exact) mass is 217 g/mol. The van der Waals surface area contributed by atoms with E-state index in [1.165, 1.54) is 18.2 Å². The molecule has 0 aliphatic carbocycles. The van der Waals surface area contributed by atoms with E-state index in [-0.39, 0.29) is 5.75 Å². The van der Waals surface area contributed by atoms with Crippen molar-refractivity contribution in [1.82, 2.24) is 0 Å². The Balaban J connectivity index is 2.24. The second kappa shape index (κ2) is 4.66. The zero-order valence-corrected chi connectivity index (χ0v) is 8.74. The van der Waals surface area contributed by atoms with Gasteiger partial charge in [-0.3, -0.25) is 0 Å². The standard InChI is InChI=1S/C13H10FO2/c1-15-10-5-4-6-11(9-10)16-13-8-3-2-7-12(13)14/h2,4-9H,1H3. The summed E-state index contributed by atoms with van der Waals surface area (Å²) in [7, 11) is 1.57. The molecule has 0 N–H and O–H groups in total. The zero-order chi connectivity index (χ0) is 11.4. The lowest BCUT2D eigenvalue weighted by Gasteiger charge is -2.07. The maximum Gasteiger partial charge on any atom is 0.165 e. The summed E-state index contributed by atoms with van der Waals surface area (Å²) in [5.41, 5.74) is 0. The van der Waals surface area contributed by atoms with E-state index in [1.807, 2.05) is 0 Å². The summed E-state index contributed by atoms with van der Waals surface area (Å²) >= 11 is 0. The van der Waals surface area contributed by atoms with Crippen LogP contribution >= 0.6 is 0 Å². The molecule has 1 radical (unpaired) electrons. The molecule has 0 aliphatic rings. The number of hydrogen-bond donors (Lipinski definition) is 0. The molecule has 0 saturated heterocycles. The van der Waals surface area contributed by atoms with Crippen LogP contribution in [-0.4, -0.2) is 7.11 Å². The highest BCUT2D eigenvalue weighted by Gasteiger charge is 2.03. The molecule has 16 heavy (non-hydrogen) atoms. The van der Waals surface area contributed by atoms with E-state index < -0.39 is 5.82 Å². The first kappa shape index (κ1) is 10.5. The van der Waals surface area contributed by atoms with Gasteiger partial charge in [-0.05, 0) is 30.3 Å². The lowest BCUT2D eigenvalue weighted by molar-refractivity contribution is 0.405. The number of methoxy groups -OCH3 is 1. The molecular formula is C13H10FO2. The SMILES string of the molecule is COc1cccc(Oc2c[c]ccc2F)c1. The Labute approximate surface area is 93.2 Å². The molecule has 0 spiro atoms. The van der Waals surface area contributed by atoms with Gasteiger partial charge in [0.15, 0.2) is 11.6 Å². The lowest BCUT2D eigenvalue weighted by Crippen LogP contribution is -1.89. The molecule has 3 heteroatoms. The highest BCUT2D eigenvalue weighted by Crippen LogP contribution is 2.26. The van der Waals surface area contributed by atoms with Gasteiger partial charge in [-0.15, -0.1) is 0 Å². The molecule has 2 nitrogen and oxygen atoms in total. The van der Waals surface area contributed by atoms with Crippen molar-refractivity contribution in [3.05, 3.63) is 54.3 Å². The van der Waals surface area contributed by atoms with Crippen LogP contribution in [0.15, 0.2) is 42.5 Å². The minimum Gasteiger partial charge on any atom is -0.497 e. The average molecular weight is 217 g/mol. The van der Waals surface area contributed by atoms with Crippen LogP contribution in [-0.2, 0) is 0 Å². The highest BCUT2D eigenvalue weighted by atomic mass is 19.1. The quantitative estimate of drug-likeness (QED) is 0.784. The van der Waals surface area contributed by atoms with Crippen LogP contribution in [0.25, 0.3) is 0 Å². The normalized spacial score (nSPS) is 9.88. The summed E-state index contributed by atoms with van der Waals surface area (Å²) in [6.45, 7) is 0. The van der Waals surface area contributed by atoms with Gasteiger partial charge < -0.3 is 9.47 Å². The van der Waals surface area contributed by atoms with Gasteiger partial charge in [-0.25, -0.2) is 4.39 Å². The van der Waals surface area contributed by atoms with E-state index in [0.29, 0.717) is 11.5 Å². The summed E-state index contributed by atoms with van der Waals surface area (Å²) in [6.07, 6.45) is 0. The molecule has 0 bridgehead atoms. The minimum absolute atomic E-state index is 0.149. The Morgan fingerprint density at radius 3 is 2.75 bits per heavy atom. The third kappa shape index (κ3) is 2.31. The fourth-order valence-electron chi connectivity index (χ4n) is 1.27. The van der Waals surface area contributed by atoms with E-state index in [4.69, 9.17) is 9.47 Å². The molecule has 0 atom stereocenters. The summed E-state index contributed by atoms with van der Waals surface area (Å²) in [4.78, 5) is 0. The van der Waals surface area contributed by atoms with Crippen molar-refractivity contribution in [3.63, 3.8) is 0 Å². The fourth-order valence-corrected chi connectivity index (χ4v) is 1.27. The van der Waals surface area contributed by atoms with Gasteiger partial charge in [0.25, 0.3) is 0 Å². The predicted octanol–water partition coefficient (Wildman–Crippen LogP) is 3.43. The molecule has 0 fully saturated rings. The van der Waals surface area contributed by atoms with Crippen molar-refractivity contribution in [2.75, 3.05) is 7.11 Å². The summed E-state index contributed by atoms with van der Waals surface area (Å²) < 4.78 is 23.7. The van der Waals surface area contributed by atoms with Gasteiger partial charge in [0.05, 0.1) is 7.11 Å². The van der Waals surface area contributed by atoms with E-state index in [2.05, 4.69) is 6.07 Å². The molecular weight excluding hydrogens is 207 g/mol. The Morgan fingerprint density at radius 2 is 2.00 bits per heavy atom. The number of ether oxygens (including phenoxy) is 2. The first-order valence-electron chi connectivity index (χ1n) is 4.77. The molecule has 2 aromatic rings. The van der Waals surface area contributed by atoms with E-state index >= 15 is 0 Å². The van der Waals surface area contributed by atoms with Gasteiger partial charge in [-0.1, -0.05) is 12.1 Å². The minimum atomic E-state index is -0.415. The maximum absolute atomic E-state index is 13.3. The second-order valence-electron chi connectivity index (χ2n) is 3.14. The fraction of sp³-hybridized carbons (Fsp3) is 0.0769. The predicted molar refractivity (Wildman–Crippen MR) is 58.3 cm³/mol. The molecule has 0 aromatic heterocycles.